The highest BCUT2D eigenvalue weighted by molar-refractivity contribution is 5.90. The predicted molar refractivity (Wildman–Crippen MR) is 101 cm³/mol. The molecule has 0 radical (unpaired) electrons. The Kier molecular flexibility index (Phi) is 4.02. The maximum Gasteiger partial charge on any atom is 0.243 e. The fourth-order valence-electron chi connectivity index (χ4n) is 5.67. The van der Waals surface area contributed by atoms with Crippen LogP contribution >= 0.6 is 0 Å². The van der Waals surface area contributed by atoms with E-state index in [2.05, 4.69) is 4.90 Å². The Labute approximate surface area is 164 Å². The lowest BCUT2D eigenvalue weighted by Gasteiger charge is -2.33. The van der Waals surface area contributed by atoms with Gasteiger partial charge in [-0.15, -0.1) is 0 Å². The van der Waals surface area contributed by atoms with Crippen molar-refractivity contribution in [3.05, 3.63) is 53.2 Å². The Bertz CT molecular complexity index is 926. The quantitative estimate of drug-likeness (QED) is 0.807. The summed E-state index contributed by atoms with van der Waals surface area (Å²) in [6.45, 7) is 4.11. The largest absolute Gasteiger partial charge is 0.494 e. The Hall–Kier alpha value is -2.34. The number of nitrogens with zero attached hydrogens (tertiary/aromatic N) is 2. The number of aryl methyl sites for hydroxylation is 1. The molecule has 0 N–H and O–H groups in total. The van der Waals surface area contributed by atoms with Crippen molar-refractivity contribution >= 4 is 5.91 Å². The summed E-state index contributed by atoms with van der Waals surface area (Å²) in [6.07, 6.45) is 2.83. The number of hydrogen-bond acceptors (Lipinski definition) is 4. The third-order valence-corrected chi connectivity index (χ3v) is 6.83. The van der Waals surface area contributed by atoms with Gasteiger partial charge in [0.05, 0.1) is 13.7 Å². The van der Waals surface area contributed by atoms with Crippen LogP contribution in [0.1, 0.15) is 42.4 Å². The number of benzene rings is 1. The van der Waals surface area contributed by atoms with E-state index in [1.54, 1.807) is 6.07 Å². The SMILES string of the molecule is COc1cc([C@@H]2C[C@H]3CN(Cc4ccc(C)o4)C(=O)[C@]34CCCN24)ccc1F. The zero-order valence-corrected chi connectivity index (χ0v) is 16.3. The minimum atomic E-state index is -0.409. The Morgan fingerprint density at radius 3 is 2.93 bits per heavy atom. The second kappa shape index (κ2) is 6.34. The molecule has 148 valence electrons. The highest BCUT2D eigenvalue weighted by Gasteiger charge is 2.65. The normalized spacial score (nSPS) is 29.4. The summed E-state index contributed by atoms with van der Waals surface area (Å²) in [5, 5.41) is 0. The van der Waals surface area contributed by atoms with Gasteiger partial charge in [-0.1, -0.05) is 6.07 Å². The average molecular weight is 384 g/mol. The number of methoxy groups -OCH3 is 1. The van der Waals surface area contributed by atoms with E-state index in [0.29, 0.717) is 12.5 Å². The molecule has 1 aromatic heterocycles. The van der Waals surface area contributed by atoms with Gasteiger partial charge in [0.2, 0.25) is 5.91 Å². The number of carbonyl (C=O) groups excluding carboxylic acids is 1. The molecule has 6 heteroatoms. The van der Waals surface area contributed by atoms with E-state index in [4.69, 9.17) is 9.15 Å². The van der Waals surface area contributed by atoms with Crippen LogP contribution in [0.25, 0.3) is 0 Å². The monoisotopic (exact) mass is 384 g/mol. The van der Waals surface area contributed by atoms with Gasteiger partial charge in [0.1, 0.15) is 17.1 Å². The molecule has 0 bridgehead atoms. The molecule has 3 atom stereocenters. The summed E-state index contributed by atoms with van der Waals surface area (Å²) in [4.78, 5) is 17.8. The Balaban J connectivity index is 1.43. The van der Waals surface area contributed by atoms with Crippen molar-refractivity contribution in [1.29, 1.82) is 0 Å². The van der Waals surface area contributed by atoms with Crippen molar-refractivity contribution in [2.75, 3.05) is 20.2 Å². The molecule has 4 heterocycles. The molecule has 3 saturated heterocycles. The standard InChI is InChI=1S/C22H25FN2O3/c1-14-4-6-17(28-14)13-24-12-16-11-19(15-5-7-18(23)20(10-15)27-2)25-9-3-8-22(16,25)21(24)26/h4-7,10,16,19H,3,8-9,11-13H2,1-2H3/t16-,19-,22-/m0/s1. The number of furan rings is 1. The maximum atomic E-state index is 13.9. The topological polar surface area (TPSA) is 45.9 Å². The van der Waals surface area contributed by atoms with Crippen LogP contribution in [0.15, 0.2) is 34.7 Å². The number of carbonyl (C=O) groups is 1. The van der Waals surface area contributed by atoms with Crippen molar-refractivity contribution < 1.29 is 18.3 Å². The van der Waals surface area contributed by atoms with Crippen LogP contribution in [0, 0.1) is 18.7 Å². The van der Waals surface area contributed by atoms with Gasteiger partial charge in [0.25, 0.3) is 0 Å². The molecular formula is C22H25FN2O3. The predicted octanol–water partition coefficient (Wildman–Crippen LogP) is 3.67. The molecule has 1 amide bonds. The highest BCUT2D eigenvalue weighted by Crippen LogP contribution is 2.56. The van der Waals surface area contributed by atoms with Crippen molar-refractivity contribution in [3.63, 3.8) is 0 Å². The van der Waals surface area contributed by atoms with E-state index in [-0.39, 0.29) is 23.5 Å². The minimum Gasteiger partial charge on any atom is -0.494 e. The molecule has 5 rings (SSSR count). The van der Waals surface area contributed by atoms with Crippen LogP contribution in [-0.4, -0.2) is 41.4 Å². The van der Waals surface area contributed by atoms with Crippen molar-refractivity contribution in [2.45, 2.75) is 44.3 Å². The molecule has 0 saturated carbocycles. The third kappa shape index (κ3) is 2.43. The van der Waals surface area contributed by atoms with Crippen LogP contribution in [-0.2, 0) is 11.3 Å². The zero-order valence-electron chi connectivity index (χ0n) is 16.3. The summed E-state index contributed by atoms with van der Waals surface area (Å²) in [7, 11) is 1.49. The number of ether oxygens (including phenoxy) is 1. The van der Waals surface area contributed by atoms with Gasteiger partial charge >= 0.3 is 0 Å². The summed E-state index contributed by atoms with van der Waals surface area (Å²) in [5.74, 6) is 2.14. The Morgan fingerprint density at radius 2 is 2.18 bits per heavy atom. The second-order valence-electron chi connectivity index (χ2n) is 8.26. The van der Waals surface area contributed by atoms with Crippen LogP contribution in [0.2, 0.25) is 0 Å². The summed E-state index contributed by atoms with van der Waals surface area (Å²) in [6, 6.07) is 9.13. The molecule has 28 heavy (non-hydrogen) atoms. The lowest BCUT2D eigenvalue weighted by atomic mass is 9.85. The number of amides is 1. The van der Waals surface area contributed by atoms with Crippen LogP contribution in [0.3, 0.4) is 0 Å². The highest BCUT2D eigenvalue weighted by atomic mass is 19.1. The fourth-order valence-corrected chi connectivity index (χ4v) is 5.67. The van der Waals surface area contributed by atoms with Crippen LogP contribution in [0.5, 0.6) is 5.75 Å². The van der Waals surface area contributed by atoms with Crippen LogP contribution < -0.4 is 4.74 Å². The first kappa shape index (κ1) is 17.7. The third-order valence-electron chi connectivity index (χ3n) is 6.83. The van der Waals surface area contributed by atoms with E-state index in [1.165, 1.54) is 13.2 Å². The van der Waals surface area contributed by atoms with Gasteiger partial charge in [0, 0.05) is 18.5 Å². The van der Waals surface area contributed by atoms with Gasteiger partial charge in [0.15, 0.2) is 11.6 Å². The molecule has 1 spiro atoms. The number of halogens is 1. The van der Waals surface area contributed by atoms with E-state index in [1.807, 2.05) is 30.0 Å². The maximum absolute atomic E-state index is 13.9. The van der Waals surface area contributed by atoms with Crippen molar-refractivity contribution in [1.82, 2.24) is 9.80 Å². The number of likely N-dealkylation sites (tertiary alicyclic amines) is 1. The van der Waals surface area contributed by atoms with Gasteiger partial charge in [-0.3, -0.25) is 9.69 Å². The van der Waals surface area contributed by atoms with Gasteiger partial charge in [-0.25, -0.2) is 4.39 Å². The Morgan fingerprint density at radius 1 is 1.32 bits per heavy atom. The van der Waals surface area contributed by atoms with E-state index >= 15 is 0 Å². The van der Waals surface area contributed by atoms with E-state index in [9.17, 15) is 9.18 Å². The molecule has 1 aromatic carbocycles. The smallest absolute Gasteiger partial charge is 0.243 e. The lowest BCUT2D eigenvalue weighted by Crippen LogP contribution is -2.49. The lowest BCUT2D eigenvalue weighted by molar-refractivity contribution is -0.137. The fraction of sp³-hybridized carbons (Fsp3) is 0.500. The van der Waals surface area contributed by atoms with Crippen molar-refractivity contribution in [3.8, 4) is 5.75 Å². The molecule has 0 unspecified atom stereocenters. The van der Waals surface area contributed by atoms with Crippen molar-refractivity contribution in [2.24, 2.45) is 5.92 Å². The number of rotatable bonds is 4. The van der Waals surface area contributed by atoms with Gasteiger partial charge in [-0.2, -0.15) is 0 Å². The number of hydrogen-bond donors (Lipinski definition) is 0. The van der Waals surface area contributed by atoms with Crippen LogP contribution in [0.4, 0.5) is 4.39 Å². The molecule has 0 aliphatic carbocycles. The zero-order chi connectivity index (χ0) is 19.5. The molecule has 3 aliphatic rings. The molecule has 5 nitrogen and oxygen atoms in total. The van der Waals surface area contributed by atoms with E-state index in [0.717, 1.165) is 49.4 Å². The average Bonchev–Trinajstić information content (AvgIpc) is 3.41. The van der Waals surface area contributed by atoms with Gasteiger partial charge < -0.3 is 14.1 Å². The molecule has 3 aliphatic heterocycles. The first-order chi connectivity index (χ1) is 13.5. The molecule has 2 aromatic rings. The van der Waals surface area contributed by atoms with Gasteiger partial charge in [-0.05, 0) is 62.6 Å². The first-order valence-corrected chi connectivity index (χ1v) is 9.98. The molecular weight excluding hydrogens is 359 g/mol. The van der Waals surface area contributed by atoms with E-state index < -0.39 is 5.54 Å². The summed E-state index contributed by atoms with van der Waals surface area (Å²) < 4.78 is 24.7. The summed E-state index contributed by atoms with van der Waals surface area (Å²) in [5.41, 5.74) is 0.628. The summed E-state index contributed by atoms with van der Waals surface area (Å²) >= 11 is 0. The molecule has 3 fully saturated rings. The minimum absolute atomic E-state index is 0.138. The first-order valence-electron chi connectivity index (χ1n) is 9.98. The second-order valence-corrected chi connectivity index (χ2v) is 8.26.